The zero-order valence-corrected chi connectivity index (χ0v) is 11.8. The van der Waals surface area contributed by atoms with Gasteiger partial charge in [0.15, 0.2) is 11.5 Å². The van der Waals surface area contributed by atoms with Gasteiger partial charge in [-0.2, -0.15) is 5.10 Å². The molecule has 0 aliphatic carbocycles. The molecule has 108 valence electrons. The molecule has 0 bridgehead atoms. The number of ether oxygens (including phenoxy) is 3. The minimum Gasteiger partial charge on any atom is -0.493 e. The average Bonchev–Trinajstić information content (AvgIpc) is 2.99. The summed E-state index contributed by atoms with van der Waals surface area (Å²) in [6.07, 6.45) is 1.48. The summed E-state index contributed by atoms with van der Waals surface area (Å²) < 4.78 is 16.0. The van der Waals surface area contributed by atoms with Crippen LogP contribution >= 0.6 is 0 Å². The Bertz CT molecular complexity index is 543. The van der Waals surface area contributed by atoms with Gasteiger partial charge in [0.1, 0.15) is 12.2 Å². The predicted octanol–water partition coefficient (Wildman–Crippen LogP) is 1.12. The SMILES string of the molecule is COc1ccc(CNCc2ncn[nH]2)c(OC)c1OC. The fourth-order valence-electron chi connectivity index (χ4n) is 1.93. The van der Waals surface area contributed by atoms with E-state index in [4.69, 9.17) is 14.2 Å². The number of nitrogens with zero attached hydrogens (tertiary/aromatic N) is 2. The molecule has 0 fully saturated rings. The summed E-state index contributed by atoms with van der Waals surface area (Å²) in [4.78, 5) is 4.05. The Morgan fingerprint density at radius 2 is 1.85 bits per heavy atom. The van der Waals surface area contributed by atoms with Gasteiger partial charge >= 0.3 is 0 Å². The van der Waals surface area contributed by atoms with Crippen molar-refractivity contribution >= 4 is 0 Å². The Hall–Kier alpha value is -2.28. The van der Waals surface area contributed by atoms with E-state index in [0.717, 1.165) is 11.4 Å². The van der Waals surface area contributed by atoms with Gasteiger partial charge in [0.05, 0.1) is 27.9 Å². The molecule has 0 saturated carbocycles. The lowest BCUT2D eigenvalue weighted by Crippen LogP contribution is -2.14. The average molecular weight is 278 g/mol. The molecule has 0 radical (unpaired) electrons. The van der Waals surface area contributed by atoms with Crippen LogP contribution in [0.2, 0.25) is 0 Å². The Balaban J connectivity index is 2.10. The summed E-state index contributed by atoms with van der Waals surface area (Å²) in [6.45, 7) is 1.21. The van der Waals surface area contributed by atoms with Crippen LogP contribution in [0.15, 0.2) is 18.5 Å². The summed E-state index contributed by atoms with van der Waals surface area (Å²) in [5.41, 5.74) is 0.977. The highest BCUT2D eigenvalue weighted by molar-refractivity contribution is 5.55. The van der Waals surface area contributed by atoms with E-state index >= 15 is 0 Å². The first-order valence-electron chi connectivity index (χ1n) is 6.13. The van der Waals surface area contributed by atoms with Crippen molar-refractivity contribution in [3.05, 3.63) is 29.8 Å². The normalized spacial score (nSPS) is 10.3. The Labute approximate surface area is 117 Å². The summed E-state index contributed by atoms with van der Waals surface area (Å²) in [5.74, 6) is 2.68. The van der Waals surface area contributed by atoms with Crippen LogP contribution in [0.3, 0.4) is 0 Å². The van der Waals surface area contributed by atoms with Crippen molar-refractivity contribution in [2.24, 2.45) is 0 Å². The van der Waals surface area contributed by atoms with Gasteiger partial charge in [-0.05, 0) is 6.07 Å². The zero-order valence-electron chi connectivity index (χ0n) is 11.8. The van der Waals surface area contributed by atoms with Crippen molar-refractivity contribution in [3.63, 3.8) is 0 Å². The van der Waals surface area contributed by atoms with Crippen LogP contribution in [0.5, 0.6) is 17.2 Å². The molecule has 0 aliphatic heterocycles. The number of hydrogen-bond donors (Lipinski definition) is 2. The number of methoxy groups -OCH3 is 3. The number of hydrogen-bond acceptors (Lipinski definition) is 6. The van der Waals surface area contributed by atoms with Crippen molar-refractivity contribution in [3.8, 4) is 17.2 Å². The van der Waals surface area contributed by atoms with Crippen LogP contribution in [0.1, 0.15) is 11.4 Å². The van der Waals surface area contributed by atoms with E-state index in [1.54, 1.807) is 21.3 Å². The second-order valence-corrected chi connectivity index (χ2v) is 4.03. The number of aromatic amines is 1. The van der Waals surface area contributed by atoms with Gasteiger partial charge in [-0.1, -0.05) is 6.07 Å². The van der Waals surface area contributed by atoms with Crippen LogP contribution in [0.25, 0.3) is 0 Å². The molecule has 7 heteroatoms. The lowest BCUT2D eigenvalue weighted by atomic mass is 10.1. The van der Waals surface area contributed by atoms with Gasteiger partial charge in [0.2, 0.25) is 5.75 Å². The lowest BCUT2D eigenvalue weighted by Gasteiger charge is -2.15. The van der Waals surface area contributed by atoms with Crippen LogP contribution in [-0.2, 0) is 13.1 Å². The molecule has 0 unspecified atom stereocenters. The molecule has 0 amide bonds. The summed E-state index contributed by atoms with van der Waals surface area (Å²) in [7, 11) is 4.79. The fraction of sp³-hybridized carbons (Fsp3) is 0.385. The summed E-state index contributed by atoms with van der Waals surface area (Å²) >= 11 is 0. The van der Waals surface area contributed by atoms with E-state index in [0.29, 0.717) is 30.3 Å². The van der Waals surface area contributed by atoms with Gasteiger partial charge in [-0.3, -0.25) is 5.10 Å². The standard InChI is InChI=1S/C13H18N4O3/c1-18-10-5-4-9(12(19-2)13(10)20-3)6-14-7-11-15-8-16-17-11/h4-5,8,14H,6-7H2,1-3H3,(H,15,16,17). The van der Waals surface area contributed by atoms with Gasteiger partial charge in [-0.15, -0.1) is 0 Å². The van der Waals surface area contributed by atoms with E-state index in [1.807, 2.05) is 12.1 Å². The molecule has 2 rings (SSSR count). The largest absolute Gasteiger partial charge is 0.493 e. The molecule has 1 aromatic carbocycles. The maximum atomic E-state index is 5.42. The number of H-pyrrole nitrogens is 1. The van der Waals surface area contributed by atoms with Gasteiger partial charge < -0.3 is 19.5 Å². The smallest absolute Gasteiger partial charge is 0.203 e. The van der Waals surface area contributed by atoms with Crippen LogP contribution < -0.4 is 19.5 Å². The van der Waals surface area contributed by atoms with Gasteiger partial charge in [0, 0.05) is 12.1 Å². The second-order valence-electron chi connectivity index (χ2n) is 4.03. The van der Waals surface area contributed by atoms with Crippen molar-refractivity contribution in [2.75, 3.05) is 21.3 Å². The highest BCUT2D eigenvalue weighted by Gasteiger charge is 2.15. The quantitative estimate of drug-likeness (QED) is 0.790. The molecule has 0 saturated heterocycles. The molecular weight excluding hydrogens is 260 g/mol. The third kappa shape index (κ3) is 3.00. The first-order valence-corrected chi connectivity index (χ1v) is 6.13. The Kier molecular flexibility index (Phi) is 4.78. The Morgan fingerprint density at radius 1 is 1.05 bits per heavy atom. The predicted molar refractivity (Wildman–Crippen MR) is 73.0 cm³/mol. The lowest BCUT2D eigenvalue weighted by molar-refractivity contribution is 0.321. The van der Waals surface area contributed by atoms with Crippen LogP contribution in [0.4, 0.5) is 0 Å². The van der Waals surface area contributed by atoms with Crippen molar-refractivity contribution in [1.82, 2.24) is 20.5 Å². The second kappa shape index (κ2) is 6.76. The molecule has 0 spiro atoms. The Morgan fingerprint density at radius 3 is 2.45 bits per heavy atom. The van der Waals surface area contributed by atoms with E-state index in [9.17, 15) is 0 Å². The van der Waals surface area contributed by atoms with E-state index in [-0.39, 0.29) is 0 Å². The monoisotopic (exact) mass is 278 g/mol. The fourth-order valence-corrected chi connectivity index (χ4v) is 1.93. The van der Waals surface area contributed by atoms with Gasteiger partial charge in [-0.25, -0.2) is 4.98 Å². The summed E-state index contributed by atoms with van der Waals surface area (Å²) in [6, 6.07) is 3.79. The minimum absolute atomic E-state index is 0.592. The van der Waals surface area contributed by atoms with Crippen molar-refractivity contribution in [1.29, 1.82) is 0 Å². The highest BCUT2D eigenvalue weighted by atomic mass is 16.5. The maximum Gasteiger partial charge on any atom is 0.203 e. The molecule has 1 heterocycles. The third-order valence-corrected chi connectivity index (χ3v) is 2.86. The topological polar surface area (TPSA) is 81.3 Å². The summed E-state index contributed by atoms with van der Waals surface area (Å²) in [5, 5.41) is 9.85. The number of rotatable bonds is 7. The number of benzene rings is 1. The van der Waals surface area contributed by atoms with Crippen molar-refractivity contribution in [2.45, 2.75) is 13.1 Å². The molecule has 0 atom stereocenters. The minimum atomic E-state index is 0.592. The number of nitrogens with one attached hydrogen (secondary N) is 2. The molecule has 2 aromatic rings. The van der Waals surface area contributed by atoms with Crippen LogP contribution in [0, 0.1) is 0 Å². The third-order valence-electron chi connectivity index (χ3n) is 2.86. The van der Waals surface area contributed by atoms with E-state index in [2.05, 4.69) is 20.5 Å². The highest BCUT2D eigenvalue weighted by Crippen LogP contribution is 2.39. The molecule has 20 heavy (non-hydrogen) atoms. The van der Waals surface area contributed by atoms with Crippen molar-refractivity contribution < 1.29 is 14.2 Å². The van der Waals surface area contributed by atoms with Crippen LogP contribution in [-0.4, -0.2) is 36.5 Å². The molecule has 1 aromatic heterocycles. The molecular formula is C13H18N4O3. The molecule has 7 nitrogen and oxygen atoms in total. The maximum absolute atomic E-state index is 5.42. The zero-order chi connectivity index (χ0) is 14.4. The van der Waals surface area contributed by atoms with E-state index in [1.165, 1.54) is 6.33 Å². The van der Waals surface area contributed by atoms with E-state index < -0.39 is 0 Å². The number of aromatic nitrogens is 3. The molecule has 2 N–H and O–H groups in total. The molecule has 0 aliphatic rings. The van der Waals surface area contributed by atoms with Gasteiger partial charge in [0.25, 0.3) is 0 Å². The first-order chi connectivity index (χ1) is 9.80. The first kappa shape index (κ1) is 14.1.